The average molecular weight is 296 g/mol. The van der Waals surface area contributed by atoms with Crippen LogP contribution in [0.3, 0.4) is 0 Å². The number of aryl methyl sites for hydroxylation is 2. The molecule has 2 aromatic rings. The largest absolute Gasteiger partial charge is 0.309 e. The van der Waals surface area contributed by atoms with Gasteiger partial charge in [0.05, 0.1) is 11.1 Å². The molecule has 0 spiro atoms. The van der Waals surface area contributed by atoms with E-state index in [1.165, 1.54) is 0 Å². The third kappa shape index (κ3) is 2.84. The van der Waals surface area contributed by atoms with Crippen molar-refractivity contribution in [2.75, 3.05) is 7.05 Å². The topological polar surface area (TPSA) is 12.0 Å². The Morgan fingerprint density at radius 1 is 1.00 bits per heavy atom. The molecule has 0 saturated heterocycles. The molecule has 1 N–H and O–H groups in total. The Kier molecular flexibility index (Phi) is 4.41. The van der Waals surface area contributed by atoms with Gasteiger partial charge in [-0.05, 0) is 49.7 Å². The molecule has 1 nitrogen and oxygen atoms in total. The second-order valence-electron chi connectivity index (χ2n) is 4.85. The van der Waals surface area contributed by atoms with Crippen LogP contribution in [0.4, 0.5) is 8.78 Å². The normalized spacial score (nSPS) is 12.5. The summed E-state index contributed by atoms with van der Waals surface area (Å²) in [7, 11) is 1.71. The van der Waals surface area contributed by atoms with Crippen molar-refractivity contribution in [2.24, 2.45) is 0 Å². The Hall–Kier alpha value is -1.45. The van der Waals surface area contributed by atoms with Crippen LogP contribution in [0.1, 0.15) is 28.3 Å². The lowest BCUT2D eigenvalue weighted by molar-refractivity contribution is 0.558. The second-order valence-corrected chi connectivity index (χ2v) is 5.26. The van der Waals surface area contributed by atoms with Crippen LogP contribution in [0.25, 0.3) is 0 Å². The van der Waals surface area contributed by atoms with Gasteiger partial charge in [0.15, 0.2) is 0 Å². The van der Waals surface area contributed by atoms with Crippen molar-refractivity contribution in [1.82, 2.24) is 5.32 Å². The molecule has 0 aromatic heterocycles. The molecule has 0 aliphatic carbocycles. The Labute approximate surface area is 122 Å². The van der Waals surface area contributed by atoms with Crippen LogP contribution >= 0.6 is 11.6 Å². The van der Waals surface area contributed by atoms with E-state index in [4.69, 9.17) is 11.6 Å². The molecule has 0 heterocycles. The molecule has 1 unspecified atom stereocenters. The minimum atomic E-state index is -0.618. The third-order valence-corrected chi connectivity index (χ3v) is 3.79. The maximum atomic E-state index is 14.0. The fourth-order valence-corrected chi connectivity index (χ4v) is 2.36. The molecule has 0 amide bonds. The minimum Gasteiger partial charge on any atom is -0.309 e. The predicted octanol–water partition coefficient (Wildman–Crippen LogP) is 4.54. The summed E-state index contributed by atoms with van der Waals surface area (Å²) in [4.78, 5) is 0. The maximum Gasteiger partial charge on any atom is 0.142 e. The molecule has 0 aliphatic rings. The van der Waals surface area contributed by atoms with Gasteiger partial charge in [-0.2, -0.15) is 0 Å². The van der Waals surface area contributed by atoms with Crippen molar-refractivity contribution in [2.45, 2.75) is 19.9 Å². The highest BCUT2D eigenvalue weighted by Crippen LogP contribution is 2.29. The molecule has 0 fully saturated rings. The van der Waals surface area contributed by atoms with Gasteiger partial charge in [0, 0.05) is 5.56 Å². The first-order chi connectivity index (χ1) is 9.43. The van der Waals surface area contributed by atoms with Gasteiger partial charge in [-0.15, -0.1) is 0 Å². The van der Waals surface area contributed by atoms with Crippen LogP contribution in [0.15, 0.2) is 30.3 Å². The highest BCUT2D eigenvalue weighted by molar-refractivity contribution is 6.30. The molecule has 106 valence electrons. The van der Waals surface area contributed by atoms with Crippen molar-refractivity contribution in [3.63, 3.8) is 0 Å². The number of halogens is 3. The Bertz CT molecular complexity index is 641. The summed E-state index contributed by atoms with van der Waals surface area (Å²) < 4.78 is 27.6. The van der Waals surface area contributed by atoms with E-state index in [0.717, 1.165) is 28.8 Å². The van der Waals surface area contributed by atoms with Crippen LogP contribution in [0.5, 0.6) is 0 Å². The summed E-state index contributed by atoms with van der Waals surface area (Å²) in [5.41, 5.74) is 3.40. The van der Waals surface area contributed by atoms with E-state index in [9.17, 15) is 8.78 Å². The molecule has 1 atom stereocenters. The summed E-state index contributed by atoms with van der Waals surface area (Å²) in [6.45, 7) is 4.00. The first-order valence-electron chi connectivity index (χ1n) is 6.33. The Morgan fingerprint density at radius 2 is 1.70 bits per heavy atom. The molecule has 0 aliphatic heterocycles. The van der Waals surface area contributed by atoms with Gasteiger partial charge in [-0.25, -0.2) is 8.78 Å². The van der Waals surface area contributed by atoms with Crippen molar-refractivity contribution in [1.29, 1.82) is 0 Å². The van der Waals surface area contributed by atoms with Crippen molar-refractivity contribution in [3.8, 4) is 0 Å². The average Bonchev–Trinajstić information content (AvgIpc) is 2.40. The van der Waals surface area contributed by atoms with Gasteiger partial charge >= 0.3 is 0 Å². The number of hydrogen-bond acceptors (Lipinski definition) is 1. The van der Waals surface area contributed by atoms with Gasteiger partial charge in [0.1, 0.15) is 11.6 Å². The number of hydrogen-bond donors (Lipinski definition) is 1. The van der Waals surface area contributed by atoms with E-state index in [1.807, 2.05) is 32.0 Å². The molecule has 0 bridgehead atoms. The van der Waals surface area contributed by atoms with Crippen LogP contribution < -0.4 is 5.32 Å². The van der Waals surface area contributed by atoms with Crippen molar-refractivity contribution in [3.05, 3.63) is 69.2 Å². The zero-order valence-corrected chi connectivity index (χ0v) is 12.4. The summed E-state index contributed by atoms with van der Waals surface area (Å²) in [6, 6.07) is 7.60. The van der Waals surface area contributed by atoms with Gasteiger partial charge < -0.3 is 5.32 Å². The van der Waals surface area contributed by atoms with Crippen LogP contribution in [-0.2, 0) is 0 Å². The lowest BCUT2D eigenvalue weighted by atomic mass is 9.95. The van der Waals surface area contributed by atoms with Crippen molar-refractivity contribution < 1.29 is 8.78 Å². The molecular formula is C16H16ClF2N. The van der Waals surface area contributed by atoms with Gasteiger partial charge in [0.2, 0.25) is 0 Å². The highest BCUT2D eigenvalue weighted by Gasteiger charge is 2.19. The van der Waals surface area contributed by atoms with E-state index in [1.54, 1.807) is 7.05 Å². The van der Waals surface area contributed by atoms with Crippen LogP contribution in [-0.4, -0.2) is 7.05 Å². The van der Waals surface area contributed by atoms with E-state index >= 15 is 0 Å². The third-order valence-electron chi connectivity index (χ3n) is 3.50. The first kappa shape index (κ1) is 14.9. The molecule has 2 rings (SSSR count). The number of benzene rings is 2. The van der Waals surface area contributed by atoms with Crippen LogP contribution in [0, 0.1) is 25.5 Å². The lowest BCUT2D eigenvalue weighted by Gasteiger charge is -2.19. The first-order valence-corrected chi connectivity index (χ1v) is 6.70. The summed E-state index contributed by atoms with van der Waals surface area (Å²) in [5, 5.41) is 2.81. The van der Waals surface area contributed by atoms with E-state index in [-0.39, 0.29) is 10.6 Å². The summed E-state index contributed by atoms with van der Waals surface area (Å²) in [6.07, 6.45) is 0. The Morgan fingerprint density at radius 3 is 2.30 bits per heavy atom. The molecular weight excluding hydrogens is 280 g/mol. The molecule has 0 radical (unpaired) electrons. The van der Waals surface area contributed by atoms with Gasteiger partial charge in [-0.1, -0.05) is 29.8 Å². The summed E-state index contributed by atoms with van der Waals surface area (Å²) >= 11 is 5.59. The number of nitrogens with one attached hydrogen (secondary N) is 1. The minimum absolute atomic E-state index is 0.207. The van der Waals surface area contributed by atoms with Gasteiger partial charge in [0.25, 0.3) is 0 Å². The Balaban J connectivity index is 2.52. The van der Waals surface area contributed by atoms with Crippen LogP contribution in [0.2, 0.25) is 5.02 Å². The number of rotatable bonds is 3. The maximum absolute atomic E-state index is 14.0. The zero-order chi connectivity index (χ0) is 14.9. The smallest absolute Gasteiger partial charge is 0.142 e. The quantitative estimate of drug-likeness (QED) is 0.820. The fraction of sp³-hybridized carbons (Fsp3) is 0.250. The standard InChI is InChI=1S/C16H16ClF2N/c1-9-4-5-11(6-10(9)2)16(20-3)12-7-15(19)13(17)8-14(12)18/h4-8,16,20H,1-3H3. The van der Waals surface area contributed by atoms with Crippen molar-refractivity contribution >= 4 is 11.6 Å². The summed E-state index contributed by atoms with van der Waals surface area (Å²) in [5.74, 6) is -1.14. The molecule has 0 saturated carbocycles. The molecule has 2 aromatic carbocycles. The lowest BCUT2D eigenvalue weighted by Crippen LogP contribution is -2.19. The monoisotopic (exact) mass is 295 g/mol. The SMILES string of the molecule is CNC(c1ccc(C)c(C)c1)c1cc(F)c(Cl)cc1F. The van der Waals surface area contributed by atoms with E-state index in [0.29, 0.717) is 0 Å². The predicted molar refractivity (Wildman–Crippen MR) is 78.2 cm³/mol. The fourth-order valence-electron chi connectivity index (χ4n) is 2.21. The molecule has 20 heavy (non-hydrogen) atoms. The highest BCUT2D eigenvalue weighted by atomic mass is 35.5. The second kappa shape index (κ2) is 5.90. The van der Waals surface area contributed by atoms with E-state index in [2.05, 4.69) is 5.32 Å². The van der Waals surface area contributed by atoms with Gasteiger partial charge in [-0.3, -0.25) is 0 Å². The zero-order valence-electron chi connectivity index (χ0n) is 11.6. The van der Waals surface area contributed by atoms with E-state index < -0.39 is 17.7 Å². The molecule has 4 heteroatoms.